The Balaban J connectivity index is 1.73. The third-order valence-electron chi connectivity index (χ3n) is 8.37. The molecule has 0 N–H and O–H groups in total. The van der Waals surface area contributed by atoms with Gasteiger partial charge in [-0.15, -0.1) is 0 Å². The van der Waals surface area contributed by atoms with Crippen LogP contribution in [-0.2, 0) is 4.79 Å². The summed E-state index contributed by atoms with van der Waals surface area (Å²) in [6, 6.07) is 0. The van der Waals surface area contributed by atoms with Crippen molar-refractivity contribution in [2.45, 2.75) is 124 Å². The predicted molar refractivity (Wildman–Crippen MR) is 121 cm³/mol. The van der Waals surface area contributed by atoms with Crippen molar-refractivity contribution in [1.29, 1.82) is 0 Å². The molecule has 2 fully saturated rings. The van der Waals surface area contributed by atoms with Gasteiger partial charge >= 0.3 is 5.91 Å². The van der Waals surface area contributed by atoms with E-state index in [0.29, 0.717) is 5.91 Å². The van der Waals surface area contributed by atoms with Gasteiger partial charge in [-0.2, -0.15) is 0 Å². The van der Waals surface area contributed by atoms with Crippen LogP contribution in [-0.4, -0.2) is 30.0 Å². The van der Waals surface area contributed by atoms with Gasteiger partial charge in [-0.3, -0.25) is 4.48 Å². The molecule has 0 aromatic rings. The first-order valence-corrected chi connectivity index (χ1v) is 13.1. The highest BCUT2D eigenvalue weighted by Crippen LogP contribution is 2.45. The Morgan fingerprint density at radius 2 is 1.50 bits per heavy atom. The van der Waals surface area contributed by atoms with Crippen LogP contribution in [0.5, 0.6) is 0 Å². The van der Waals surface area contributed by atoms with Crippen LogP contribution in [0.15, 0.2) is 0 Å². The molecule has 164 valence electrons. The number of quaternary nitrogens is 1. The maximum absolute atomic E-state index is 13.0. The third kappa shape index (κ3) is 6.85. The van der Waals surface area contributed by atoms with Crippen molar-refractivity contribution in [3.63, 3.8) is 0 Å². The zero-order valence-electron chi connectivity index (χ0n) is 19.5. The van der Waals surface area contributed by atoms with E-state index >= 15 is 0 Å². The SMILES string of the molecule is CCCCCCCC(=O)[N+](CC)(CC)CCCCC1CCCC2CCCCC21. The van der Waals surface area contributed by atoms with Gasteiger partial charge in [0.15, 0.2) is 0 Å². The molecular weight excluding hydrogens is 342 g/mol. The highest BCUT2D eigenvalue weighted by atomic mass is 16.2. The number of hydrogen-bond donors (Lipinski definition) is 0. The van der Waals surface area contributed by atoms with E-state index in [2.05, 4.69) is 20.8 Å². The molecule has 0 aromatic heterocycles. The summed E-state index contributed by atoms with van der Waals surface area (Å²) in [6.45, 7) is 9.76. The molecule has 2 nitrogen and oxygen atoms in total. The molecule has 2 aliphatic rings. The Bertz CT molecular complexity index is 426. The fraction of sp³-hybridized carbons (Fsp3) is 0.962. The van der Waals surface area contributed by atoms with E-state index in [0.717, 1.165) is 54.7 Å². The normalized spacial score (nSPS) is 25.5. The van der Waals surface area contributed by atoms with Gasteiger partial charge in [-0.1, -0.05) is 71.1 Å². The molecule has 2 saturated carbocycles. The molecule has 2 heteroatoms. The van der Waals surface area contributed by atoms with Gasteiger partial charge in [-0.25, -0.2) is 4.79 Å². The van der Waals surface area contributed by atoms with Crippen LogP contribution in [0.2, 0.25) is 0 Å². The molecule has 3 unspecified atom stereocenters. The number of hydrogen-bond acceptors (Lipinski definition) is 1. The van der Waals surface area contributed by atoms with E-state index in [1.54, 1.807) is 0 Å². The van der Waals surface area contributed by atoms with Crippen molar-refractivity contribution in [3.05, 3.63) is 0 Å². The van der Waals surface area contributed by atoms with Gasteiger partial charge in [0.1, 0.15) is 0 Å². The molecule has 1 amide bonds. The highest BCUT2D eigenvalue weighted by molar-refractivity contribution is 5.68. The average Bonchev–Trinajstić information content (AvgIpc) is 2.74. The molecule has 0 aromatic carbocycles. The molecular formula is C26H50NO+. The summed E-state index contributed by atoms with van der Waals surface area (Å²) in [6.07, 6.45) is 21.5. The first-order chi connectivity index (χ1) is 13.7. The predicted octanol–water partition coefficient (Wildman–Crippen LogP) is 7.51. The van der Waals surface area contributed by atoms with Crippen LogP contribution in [0.1, 0.15) is 124 Å². The summed E-state index contributed by atoms with van der Waals surface area (Å²) in [4.78, 5) is 13.0. The van der Waals surface area contributed by atoms with Crippen LogP contribution in [0.4, 0.5) is 0 Å². The quantitative estimate of drug-likeness (QED) is 0.234. The highest BCUT2D eigenvalue weighted by Gasteiger charge is 2.35. The third-order valence-corrected chi connectivity index (χ3v) is 8.37. The molecule has 3 atom stereocenters. The van der Waals surface area contributed by atoms with Crippen LogP contribution >= 0.6 is 0 Å². The molecule has 2 aliphatic carbocycles. The zero-order chi connectivity index (χ0) is 20.2. The summed E-state index contributed by atoms with van der Waals surface area (Å²) in [7, 11) is 0. The fourth-order valence-corrected chi connectivity index (χ4v) is 6.39. The summed E-state index contributed by atoms with van der Waals surface area (Å²) >= 11 is 0. The minimum atomic E-state index is 0.520. The van der Waals surface area contributed by atoms with E-state index in [9.17, 15) is 4.79 Å². The van der Waals surface area contributed by atoms with E-state index in [-0.39, 0.29) is 0 Å². The second kappa shape index (κ2) is 13.0. The van der Waals surface area contributed by atoms with Crippen LogP contribution in [0.25, 0.3) is 0 Å². The second-order valence-corrected chi connectivity index (χ2v) is 9.95. The van der Waals surface area contributed by atoms with E-state index < -0.39 is 0 Å². The van der Waals surface area contributed by atoms with E-state index in [4.69, 9.17) is 0 Å². The second-order valence-electron chi connectivity index (χ2n) is 9.95. The average molecular weight is 393 g/mol. The number of carbonyl (C=O) groups is 1. The minimum absolute atomic E-state index is 0.520. The van der Waals surface area contributed by atoms with Crippen LogP contribution < -0.4 is 0 Å². The van der Waals surface area contributed by atoms with Gasteiger partial charge in [0.05, 0.1) is 26.1 Å². The number of fused-ring (bicyclic) bond motifs is 1. The van der Waals surface area contributed by atoms with Gasteiger partial charge in [0.2, 0.25) is 0 Å². The maximum atomic E-state index is 13.0. The van der Waals surface area contributed by atoms with Gasteiger partial charge in [0, 0.05) is 0 Å². The number of carbonyl (C=O) groups excluding carboxylic acids is 1. The number of nitrogens with zero attached hydrogens (tertiary/aromatic N) is 1. The summed E-state index contributed by atoms with van der Waals surface area (Å²) in [5, 5.41) is 0. The van der Waals surface area contributed by atoms with Gasteiger partial charge < -0.3 is 0 Å². The molecule has 0 spiro atoms. The molecule has 0 saturated heterocycles. The Morgan fingerprint density at radius 1 is 0.786 bits per heavy atom. The molecule has 2 rings (SSSR count). The zero-order valence-corrected chi connectivity index (χ0v) is 19.5. The smallest absolute Gasteiger partial charge is 0.261 e. The topological polar surface area (TPSA) is 17.1 Å². The first-order valence-electron chi connectivity index (χ1n) is 13.1. The maximum Gasteiger partial charge on any atom is 0.313 e. The fourth-order valence-electron chi connectivity index (χ4n) is 6.39. The number of unbranched alkanes of at least 4 members (excludes halogenated alkanes) is 5. The lowest BCUT2D eigenvalue weighted by Gasteiger charge is -2.41. The standard InChI is InChI=1S/C26H50NO/c1-4-7-8-9-10-21-26(28)27(5-2,6-3)22-14-13-17-24-19-15-18-23-16-11-12-20-25(23)24/h23-25H,4-22H2,1-3H3/q+1. The molecule has 0 radical (unpaired) electrons. The van der Waals surface area contributed by atoms with Crippen molar-refractivity contribution < 1.29 is 9.28 Å². The monoisotopic (exact) mass is 392 g/mol. The summed E-state index contributed by atoms with van der Waals surface area (Å²) in [5.41, 5.74) is 0. The molecule has 0 heterocycles. The van der Waals surface area contributed by atoms with Crippen molar-refractivity contribution >= 4 is 5.91 Å². The summed E-state index contributed by atoms with van der Waals surface area (Å²) < 4.78 is 0.741. The number of amides is 1. The lowest BCUT2D eigenvalue weighted by Crippen LogP contribution is -2.53. The Hall–Kier alpha value is -0.370. The summed E-state index contributed by atoms with van der Waals surface area (Å²) in [5.74, 6) is 3.62. The van der Waals surface area contributed by atoms with Crippen molar-refractivity contribution in [3.8, 4) is 0 Å². The van der Waals surface area contributed by atoms with Crippen LogP contribution in [0.3, 0.4) is 0 Å². The van der Waals surface area contributed by atoms with Gasteiger partial charge in [-0.05, 0) is 63.7 Å². The first kappa shape index (κ1) is 23.9. The Morgan fingerprint density at radius 3 is 2.25 bits per heavy atom. The minimum Gasteiger partial charge on any atom is -0.261 e. The lowest BCUT2D eigenvalue weighted by molar-refractivity contribution is -0.851. The Labute approximate surface area is 176 Å². The largest absolute Gasteiger partial charge is 0.313 e. The van der Waals surface area contributed by atoms with Crippen molar-refractivity contribution in [2.24, 2.45) is 17.8 Å². The van der Waals surface area contributed by atoms with Crippen molar-refractivity contribution in [2.75, 3.05) is 19.6 Å². The van der Waals surface area contributed by atoms with Crippen molar-refractivity contribution in [1.82, 2.24) is 0 Å². The Kier molecular flexibility index (Phi) is 11.1. The van der Waals surface area contributed by atoms with Crippen LogP contribution in [0, 0.1) is 17.8 Å². The van der Waals surface area contributed by atoms with Gasteiger partial charge in [0.25, 0.3) is 0 Å². The number of rotatable bonds is 13. The molecule has 28 heavy (non-hydrogen) atoms. The van der Waals surface area contributed by atoms with E-state index in [1.807, 2.05) is 0 Å². The molecule has 0 aliphatic heterocycles. The van der Waals surface area contributed by atoms with E-state index in [1.165, 1.54) is 89.9 Å². The lowest BCUT2D eigenvalue weighted by atomic mass is 9.64. The molecule has 0 bridgehead atoms.